The molecule has 0 aromatic heterocycles. The van der Waals surface area contributed by atoms with Crippen molar-refractivity contribution in [2.24, 2.45) is 0 Å². The Morgan fingerprint density at radius 2 is 1.96 bits per heavy atom. The zero-order valence-electron chi connectivity index (χ0n) is 14.0. The van der Waals surface area contributed by atoms with Gasteiger partial charge in [0.2, 0.25) is 11.8 Å². The highest BCUT2D eigenvalue weighted by Gasteiger charge is 2.31. The van der Waals surface area contributed by atoms with Gasteiger partial charge in [-0.05, 0) is 44.0 Å². The van der Waals surface area contributed by atoms with Crippen LogP contribution in [0, 0.1) is 5.82 Å². The van der Waals surface area contributed by atoms with Crippen LogP contribution in [0.3, 0.4) is 0 Å². The Bertz CT molecular complexity index is 635. The molecule has 7 nitrogen and oxygen atoms in total. The van der Waals surface area contributed by atoms with Crippen LogP contribution in [0.25, 0.3) is 0 Å². The molecule has 1 aromatic rings. The number of carboxylic acid groups (broad SMARTS) is 1. The van der Waals surface area contributed by atoms with Crippen LogP contribution in [-0.4, -0.2) is 53.5 Å². The Balaban J connectivity index is 1.74. The smallest absolute Gasteiger partial charge is 0.320 e. The molecule has 8 heteroatoms. The van der Waals surface area contributed by atoms with Crippen molar-refractivity contribution in [2.45, 2.75) is 31.8 Å². The summed E-state index contributed by atoms with van der Waals surface area (Å²) in [6.45, 7) is 2.07. The van der Waals surface area contributed by atoms with Crippen molar-refractivity contribution >= 4 is 17.8 Å². The summed E-state index contributed by atoms with van der Waals surface area (Å²) in [4.78, 5) is 36.5. The summed E-state index contributed by atoms with van der Waals surface area (Å²) in [5, 5.41) is 14.3. The van der Waals surface area contributed by atoms with Gasteiger partial charge in [0.25, 0.3) is 0 Å². The fraction of sp³-hybridized carbons (Fsp3) is 0.471. The molecule has 0 saturated carbocycles. The number of nitrogens with one attached hydrogen (secondary N) is 2. The average molecular weight is 351 g/mol. The van der Waals surface area contributed by atoms with Crippen LogP contribution in [0.4, 0.5) is 4.39 Å². The molecule has 136 valence electrons. The van der Waals surface area contributed by atoms with Crippen molar-refractivity contribution in [3.8, 4) is 0 Å². The van der Waals surface area contributed by atoms with Crippen molar-refractivity contribution in [3.05, 3.63) is 35.6 Å². The van der Waals surface area contributed by atoms with Crippen LogP contribution in [0.15, 0.2) is 24.3 Å². The van der Waals surface area contributed by atoms with Crippen LogP contribution in [-0.2, 0) is 14.4 Å². The zero-order chi connectivity index (χ0) is 18.4. The van der Waals surface area contributed by atoms with E-state index in [-0.39, 0.29) is 30.9 Å². The van der Waals surface area contributed by atoms with E-state index >= 15 is 0 Å². The van der Waals surface area contributed by atoms with Gasteiger partial charge in [0, 0.05) is 0 Å². The number of carbonyl (C=O) groups is 3. The minimum atomic E-state index is -0.934. The molecule has 1 aliphatic heterocycles. The molecule has 1 aromatic carbocycles. The second-order valence-electron chi connectivity index (χ2n) is 6.08. The first kappa shape index (κ1) is 18.9. The molecule has 1 fully saturated rings. The van der Waals surface area contributed by atoms with Crippen LogP contribution < -0.4 is 10.6 Å². The standard InChI is InChI=1S/C17H22FN3O4/c1-11(12-4-6-13(18)7-5-12)20-15(22)9-19-16(23)10-21-8-2-3-14(21)17(24)25/h4-7,11,14H,2-3,8-10H2,1H3,(H,19,23)(H,20,22)(H,24,25). The molecule has 2 atom stereocenters. The van der Waals surface area contributed by atoms with E-state index in [2.05, 4.69) is 10.6 Å². The maximum absolute atomic E-state index is 12.9. The fourth-order valence-corrected chi connectivity index (χ4v) is 2.84. The number of hydrogen-bond donors (Lipinski definition) is 3. The van der Waals surface area contributed by atoms with E-state index in [0.717, 1.165) is 12.0 Å². The van der Waals surface area contributed by atoms with Gasteiger partial charge in [-0.15, -0.1) is 0 Å². The Hall–Kier alpha value is -2.48. The predicted octanol–water partition coefficient (Wildman–Crippen LogP) is 0.668. The van der Waals surface area contributed by atoms with Gasteiger partial charge in [-0.3, -0.25) is 19.3 Å². The lowest BCUT2D eigenvalue weighted by atomic mass is 10.1. The number of rotatable bonds is 7. The lowest BCUT2D eigenvalue weighted by molar-refractivity contribution is -0.142. The number of aliphatic carboxylic acids is 1. The largest absolute Gasteiger partial charge is 0.480 e. The van der Waals surface area contributed by atoms with Gasteiger partial charge in [0.1, 0.15) is 11.9 Å². The highest BCUT2D eigenvalue weighted by molar-refractivity contribution is 5.86. The van der Waals surface area contributed by atoms with Crippen molar-refractivity contribution in [2.75, 3.05) is 19.6 Å². The third kappa shape index (κ3) is 5.53. The molecule has 1 saturated heterocycles. The molecule has 25 heavy (non-hydrogen) atoms. The van der Waals surface area contributed by atoms with E-state index in [1.165, 1.54) is 12.1 Å². The highest BCUT2D eigenvalue weighted by atomic mass is 19.1. The van der Waals surface area contributed by atoms with Gasteiger partial charge in [0.05, 0.1) is 19.1 Å². The van der Waals surface area contributed by atoms with E-state index in [4.69, 9.17) is 5.11 Å². The summed E-state index contributed by atoms with van der Waals surface area (Å²) in [7, 11) is 0. The number of hydrogen-bond acceptors (Lipinski definition) is 4. The Morgan fingerprint density at radius 1 is 1.28 bits per heavy atom. The van der Waals surface area contributed by atoms with Crippen LogP contribution >= 0.6 is 0 Å². The minimum Gasteiger partial charge on any atom is -0.480 e. The van der Waals surface area contributed by atoms with Gasteiger partial charge in [-0.1, -0.05) is 12.1 Å². The number of carbonyl (C=O) groups excluding carboxylic acids is 2. The van der Waals surface area contributed by atoms with E-state index in [1.54, 1.807) is 24.0 Å². The minimum absolute atomic E-state index is 0.0439. The summed E-state index contributed by atoms with van der Waals surface area (Å²) >= 11 is 0. The molecule has 2 rings (SSSR count). The fourth-order valence-electron chi connectivity index (χ4n) is 2.84. The van der Waals surface area contributed by atoms with Crippen molar-refractivity contribution in [3.63, 3.8) is 0 Å². The molecule has 1 heterocycles. The first-order valence-electron chi connectivity index (χ1n) is 8.15. The molecule has 1 aliphatic rings. The summed E-state index contributed by atoms with van der Waals surface area (Å²) in [6, 6.07) is 4.83. The summed E-state index contributed by atoms with van der Waals surface area (Å²) in [5.41, 5.74) is 0.752. The van der Waals surface area contributed by atoms with Gasteiger partial charge in [-0.25, -0.2) is 4.39 Å². The second-order valence-corrected chi connectivity index (χ2v) is 6.08. The first-order valence-corrected chi connectivity index (χ1v) is 8.15. The molecule has 0 aliphatic carbocycles. The molecular weight excluding hydrogens is 329 g/mol. The van der Waals surface area contributed by atoms with Crippen LogP contribution in [0.2, 0.25) is 0 Å². The van der Waals surface area contributed by atoms with E-state index in [9.17, 15) is 18.8 Å². The number of likely N-dealkylation sites (tertiary alicyclic amines) is 1. The highest BCUT2D eigenvalue weighted by Crippen LogP contribution is 2.16. The lowest BCUT2D eigenvalue weighted by Crippen LogP contribution is -2.45. The maximum Gasteiger partial charge on any atom is 0.320 e. The third-order valence-corrected chi connectivity index (χ3v) is 4.19. The van der Waals surface area contributed by atoms with E-state index in [1.807, 2.05) is 0 Å². The Kier molecular flexibility index (Phi) is 6.46. The maximum atomic E-state index is 12.9. The SMILES string of the molecule is CC(NC(=O)CNC(=O)CN1CCCC1C(=O)O)c1ccc(F)cc1. The monoisotopic (exact) mass is 351 g/mol. The summed E-state index contributed by atoms with van der Waals surface area (Å²) < 4.78 is 12.9. The third-order valence-electron chi connectivity index (χ3n) is 4.19. The molecule has 2 amide bonds. The predicted molar refractivity (Wildman–Crippen MR) is 88.2 cm³/mol. The Labute approximate surface area is 145 Å². The molecule has 0 spiro atoms. The second kappa shape index (κ2) is 8.57. The molecule has 3 N–H and O–H groups in total. The lowest BCUT2D eigenvalue weighted by Gasteiger charge is -2.20. The van der Waals surface area contributed by atoms with Crippen molar-refractivity contribution in [1.82, 2.24) is 15.5 Å². The number of carboxylic acids is 1. The van der Waals surface area contributed by atoms with E-state index in [0.29, 0.717) is 13.0 Å². The molecule has 2 unspecified atom stereocenters. The van der Waals surface area contributed by atoms with Gasteiger partial charge >= 0.3 is 5.97 Å². The summed E-state index contributed by atoms with van der Waals surface area (Å²) in [5.74, 6) is -2.05. The van der Waals surface area contributed by atoms with Crippen LogP contribution in [0.1, 0.15) is 31.4 Å². The number of amides is 2. The first-order chi connectivity index (χ1) is 11.9. The number of nitrogens with zero attached hydrogens (tertiary/aromatic N) is 1. The van der Waals surface area contributed by atoms with Crippen molar-refractivity contribution < 1.29 is 23.9 Å². The van der Waals surface area contributed by atoms with Crippen LogP contribution in [0.5, 0.6) is 0 Å². The molecule has 0 bridgehead atoms. The molecular formula is C17H22FN3O4. The topological polar surface area (TPSA) is 98.7 Å². The Morgan fingerprint density at radius 3 is 2.60 bits per heavy atom. The van der Waals surface area contributed by atoms with Gasteiger partial charge < -0.3 is 15.7 Å². The van der Waals surface area contributed by atoms with E-state index < -0.39 is 17.9 Å². The van der Waals surface area contributed by atoms with Gasteiger partial charge in [-0.2, -0.15) is 0 Å². The van der Waals surface area contributed by atoms with Crippen molar-refractivity contribution in [1.29, 1.82) is 0 Å². The zero-order valence-corrected chi connectivity index (χ0v) is 14.0. The molecule has 0 radical (unpaired) electrons. The van der Waals surface area contributed by atoms with Gasteiger partial charge in [0.15, 0.2) is 0 Å². The normalized spacial score (nSPS) is 18.6. The number of benzene rings is 1. The average Bonchev–Trinajstić information content (AvgIpc) is 3.02. The quantitative estimate of drug-likeness (QED) is 0.671. The number of halogens is 1. The summed E-state index contributed by atoms with van der Waals surface area (Å²) in [6.07, 6.45) is 1.26.